The molecular formula is C27H36N2O5. The SMILES string of the molecule is C=CCOC(=O)CCc1c(C(=O)OC(C)(C)C)[nH]c(C(/C=C/C)=C2/NC(=O)C(CC)=C2C)c1C. The van der Waals surface area contributed by atoms with E-state index >= 15 is 0 Å². The Hall–Kier alpha value is -3.35. The zero-order valence-electron chi connectivity index (χ0n) is 21.3. The summed E-state index contributed by atoms with van der Waals surface area (Å²) in [6.07, 6.45) is 6.31. The van der Waals surface area contributed by atoms with Crippen molar-refractivity contribution in [3.05, 3.63) is 64.2 Å². The van der Waals surface area contributed by atoms with Gasteiger partial charge in [0.25, 0.3) is 5.91 Å². The first kappa shape index (κ1) is 26.9. The monoisotopic (exact) mass is 468 g/mol. The first-order valence-corrected chi connectivity index (χ1v) is 11.5. The van der Waals surface area contributed by atoms with E-state index in [1.807, 2.05) is 39.8 Å². The molecule has 1 aromatic rings. The highest BCUT2D eigenvalue weighted by Gasteiger charge is 2.29. The van der Waals surface area contributed by atoms with Gasteiger partial charge >= 0.3 is 11.9 Å². The summed E-state index contributed by atoms with van der Waals surface area (Å²) in [7, 11) is 0. The number of rotatable bonds is 9. The van der Waals surface area contributed by atoms with E-state index in [1.165, 1.54) is 6.08 Å². The summed E-state index contributed by atoms with van der Waals surface area (Å²) < 4.78 is 10.7. The smallest absolute Gasteiger partial charge is 0.355 e. The second kappa shape index (κ2) is 11.2. The van der Waals surface area contributed by atoms with Crippen LogP contribution in [0.2, 0.25) is 0 Å². The molecule has 0 aliphatic carbocycles. The van der Waals surface area contributed by atoms with Crippen molar-refractivity contribution in [2.75, 3.05) is 6.61 Å². The maximum atomic E-state index is 13.1. The van der Waals surface area contributed by atoms with Crippen LogP contribution in [-0.2, 0) is 25.5 Å². The number of esters is 2. The first-order valence-electron chi connectivity index (χ1n) is 11.5. The van der Waals surface area contributed by atoms with Crippen LogP contribution in [0.3, 0.4) is 0 Å². The third-order valence-electron chi connectivity index (χ3n) is 5.49. The highest BCUT2D eigenvalue weighted by Crippen LogP contribution is 2.34. The fourth-order valence-electron chi connectivity index (χ4n) is 3.93. The summed E-state index contributed by atoms with van der Waals surface area (Å²) in [4.78, 5) is 40.9. The van der Waals surface area contributed by atoms with Crippen LogP contribution in [0.15, 0.2) is 41.7 Å². The van der Waals surface area contributed by atoms with E-state index in [0.29, 0.717) is 35.5 Å². The average molecular weight is 469 g/mol. The van der Waals surface area contributed by atoms with Crippen molar-refractivity contribution in [2.45, 2.75) is 73.3 Å². The van der Waals surface area contributed by atoms with Crippen LogP contribution in [0.4, 0.5) is 0 Å². The van der Waals surface area contributed by atoms with Gasteiger partial charge in [0.2, 0.25) is 0 Å². The molecule has 34 heavy (non-hydrogen) atoms. The lowest BCUT2D eigenvalue weighted by Gasteiger charge is -2.19. The number of allylic oxidation sites excluding steroid dienone is 4. The fourth-order valence-corrected chi connectivity index (χ4v) is 3.93. The number of carbonyl (C=O) groups is 3. The third kappa shape index (κ3) is 6.16. The van der Waals surface area contributed by atoms with Gasteiger partial charge in [0, 0.05) is 17.6 Å². The number of aromatic nitrogens is 1. The lowest BCUT2D eigenvalue weighted by Crippen LogP contribution is -2.25. The first-order chi connectivity index (χ1) is 15.9. The summed E-state index contributed by atoms with van der Waals surface area (Å²) in [5, 5.41) is 2.98. The average Bonchev–Trinajstić information content (AvgIpc) is 3.23. The molecule has 0 atom stereocenters. The van der Waals surface area contributed by atoms with Gasteiger partial charge in [-0.3, -0.25) is 9.59 Å². The van der Waals surface area contributed by atoms with Crippen LogP contribution < -0.4 is 5.32 Å². The summed E-state index contributed by atoms with van der Waals surface area (Å²) in [5.74, 6) is -0.990. The van der Waals surface area contributed by atoms with Gasteiger partial charge in [0.15, 0.2) is 0 Å². The Labute approximate surface area is 202 Å². The van der Waals surface area contributed by atoms with E-state index in [0.717, 1.165) is 22.3 Å². The molecule has 1 amide bonds. The van der Waals surface area contributed by atoms with Crippen LogP contribution in [-0.4, -0.2) is 35.0 Å². The van der Waals surface area contributed by atoms with E-state index in [-0.39, 0.29) is 24.9 Å². The van der Waals surface area contributed by atoms with Crippen LogP contribution >= 0.6 is 0 Å². The summed E-state index contributed by atoms with van der Waals surface area (Å²) in [6.45, 7) is 16.7. The maximum Gasteiger partial charge on any atom is 0.355 e. The minimum Gasteiger partial charge on any atom is -0.461 e. The van der Waals surface area contributed by atoms with Crippen molar-refractivity contribution in [3.63, 3.8) is 0 Å². The second-order valence-electron chi connectivity index (χ2n) is 9.15. The molecule has 0 radical (unpaired) electrons. The molecule has 1 aliphatic rings. The molecule has 2 N–H and O–H groups in total. The van der Waals surface area contributed by atoms with Crippen LogP contribution in [0.25, 0.3) is 5.57 Å². The number of nitrogens with one attached hydrogen (secondary N) is 2. The molecule has 0 spiro atoms. The summed E-state index contributed by atoms with van der Waals surface area (Å²) in [5.41, 5.74) is 4.88. The predicted molar refractivity (Wildman–Crippen MR) is 133 cm³/mol. The van der Waals surface area contributed by atoms with Crippen molar-refractivity contribution < 1.29 is 23.9 Å². The molecular weight excluding hydrogens is 432 g/mol. The van der Waals surface area contributed by atoms with Gasteiger partial charge in [-0.05, 0) is 71.1 Å². The van der Waals surface area contributed by atoms with Gasteiger partial charge in [-0.1, -0.05) is 31.7 Å². The molecule has 0 saturated carbocycles. The molecule has 1 aliphatic heterocycles. The molecule has 7 nitrogen and oxygen atoms in total. The third-order valence-corrected chi connectivity index (χ3v) is 5.49. The van der Waals surface area contributed by atoms with Crippen molar-refractivity contribution in [3.8, 4) is 0 Å². The van der Waals surface area contributed by atoms with Gasteiger partial charge in [-0.25, -0.2) is 4.79 Å². The Balaban J connectivity index is 2.63. The fraction of sp³-hybridized carbons (Fsp3) is 0.444. The standard InChI is InChI=1S/C27H36N2O5/c1-9-12-20(23-16(4)18(11-3)25(31)29-23)22-17(5)19(13-14-21(30)33-15-10-2)24(28-22)26(32)34-27(6,7)8/h9-10,12,28H,2,11,13-15H2,1,3-8H3,(H,29,31)/b12-9+,23-20+. The zero-order chi connectivity index (χ0) is 25.6. The van der Waals surface area contributed by atoms with Gasteiger partial charge in [0.05, 0.1) is 11.4 Å². The Morgan fingerprint density at radius 3 is 2.35 bits per heavy atom. The van der Waals surface area contributed by atoms with Crippen LogP contribution in [0, 0.1) is 6.92 Å². The molecule has 7 heteroatoms. The minimum atomic E-state index is -0.685. The van der Waals surface area contributed by atoms with Crippen molar-refractivity contribution in [2.24, 2.45) is 0 Å². The molecule has 1 aromatic heterocycles. The molecule has 184 valence electrons. The Kier molecular flexibility index (Phi) is 8.85. The van der Waals surface area contributed by atoms with E-state index < -0.39 is 11.6 Å². The lowest BCUT2D eigenvalue weighted by molar-refractivity contribution is -0.142. The highest BCUT2D eigenvalue weighted by molar-refractivity contribution is 6.03. The zero-order valence-corrected chi connectivity index (χ0v) is 21.3. The Morgan fingerprint density at radius 2 is 1.82 bits per heavy atom. The lowest BCUT2D eigenvalue weighted by atomic mass is 9.98. The second-order valence-corrected chi connectivity index (χ2v) is 9.15. The van der Waals surface area contributed by atoms with Crippen molar-refractivity contribution in [1.82, 2.24) is 10.3 Å². The summed E-state index contributed by atoms with van der Waals surface area (Å²) in [6, 6.07) is 0. The van der Waals surface area contributed by atoms with E-state index in [4.69, 9.17) is 9.47 Å². The molecule has 0 bridgehead atoms. The molecule has 0 aromatic carbocycles. The summed E-state index contributed by atoms with van der Waals surface area (Å²) >= 11 is 0. The number of carbonyl (C=O) groups excluding carboxylic acids is 3. The Morgan fingerprint density at radius 1 is 1.15 bits per heavy atom. The van der Waals surface area contributed by atoms with Gasteiger partial charge in [0.1, 0.15) is 17.9 Å². The van der Waals surface area contributed by atoms with Crippen LogP contribution in [0.1, 0.15) is 81.7 Å². The van der Waals surface area contributed by atoms with Crippen molar-refractivity contribution in [1.29, 1.82) is 0 Å². The molecule has 0 fully saturated rings. The highest BCUT2D eigenvalue weighted by atomic mass is 16.6. The van der Waals surface area contributed by atoms with Gasteiger partial charge < -0.3 is 19.8 Å². The molecule has 2 heterocycles. The Bertz CT molecular complexity index is 1080. The molecule has 0 saturated heterocycles. The number of H-pyrrole nitrogens is 1. The quantitative estimate of drug-likeness (QED) is 0.389. The maximum absolute atomic E-state index is 13.1. The largest absolute Gasteiger partial charge is 0.461 e. The normalized spacial score (nSPS) is 15.6. The predicted octanol–water partition coefficient (Wildman–Crippen LogP) is 5.08. The van der Waals surface area contributed by atoms with E-state index in [1.54, 1.807) is 20.8 Å². The molecule has 2 rings (SSSR count). The number of amides is 1. The molecule has 0 unspecified atom stereocenters. The number of aromatic amines is 1. The van der Waals surface area contributed by atoms with Gasteiger partial charge in [-0.2, -0.15) is 0 Å². The number of ether oxygens (including phenoxy) is 2. The minimum absolute atomic E-state index is 0.104. The number of hydrogen-bond donors (Lipinski definition) is 2. The van der Waals surface area contributed by atoms with Crippen LogP contribution in [0.5, 0.6) is 0 Å². The topological polar surface area (TPSA) is 97.5 Å². The van der Waals surface area contributed by atoms with Crippen molar-refractivity contribution >= 4 is 23.4 Å². The number of hydrogen-bond acceptors (Lipinski definition) is 5. The van der Waals surface area contributed by atoms with E-state index in [2.05, 4.69) is 16.9 Å². The van der Waals surface area contributed by atoms with Gasteiger partial charge in [-0.15, -0.1) is 0 Å². The van der Waals surface area contributed by atoms with E-state index in [9.17, 15) is 14.4 Å².